The van der Waals surface area contributed by atoms with Crippen LogP contribution in [-0.2, 0) is 11.2 Å². The highest BCUT2D eigenvalue weighted by molar-refractivity contribution is 5.80. The van der Waals surface area contributed by atoms with Crippen LogP contribution in [0, 0.1) is 0 Å². The van der Waals surface area contributed by atoms with Crippen molar-refractivity contribution in [2.24, 2.45) is 0 Å². The van der Waals surface area contributed by atoms with E-state index in [9.17, 15) is 4.79 Å². The molecule has 0 heterocycles. The number of amides is 1. The maximum Gasteiger partial charge on any atom is 0.224 e. The van der Waals surface area contributed by atoms with E-state index >= 15 is 0 Å². The Labute approximate surface area is 113 Å². The minimum absolute atomic E-state index is 0.00126. The lowest BCUT2D eigenvalue weighted by atomic mass is 10.1. The number of benzene rings is 2. The van der Waals surface area contributed by atoms with Gasteiger partial charge in [0.2, 0.25) is 5.91 Å². The molecule has 0 aromatic heterocycles. The summed E-state index contributed by atoms with van der Waals surface area (Å²) in [7, 11) is 0. The maximum absolute atomic E-state index is 12.0. The van der Waals surface area contributed by atoms with Crippen molar-refractivity contribution in [2.45, 2.75) is 19.4 Å². The van der Waals surface area contributed by atoms with Gasteiger partial charge in [-0.25, -0.2) is 0 Å². The molecule has 3 N–H and O–H groups in total. The summed E-state index contributed by atoms with van der Waals surface area (Å²) in [5, 5.41) is 2.98. The molecule has 1 atom stereocenters. The van der Waals surface area contributed by atoms with Crippen molar-refractivity contribution in [1.29, 1.82) is 0 Å². The largest absolute Gasteiger partial charge is 0.398 e. The normalized spacial score (nSPS) is 11.8. The summed E-state index contributed by atoms with van der Waals surface area (Å²) in [5.41, 5.74) is 8.44. The van der Waals surface area contributed by atoms with Crippen LogP contribution in [0.2, 0.25) is 0 Å². The Morgan fingerprint density at radius 1 is 1.11 bits per heavy atom. The number of nitrogens with two attached hydrogens (primary N) is 1. The lowest BCUT2D eigenvalue weighted by Gasteiger charge is -2.14. The predicted octanol–water partition coefficient (Wildman–Crippen LogP) is 2.69. The first-order chi connectivity index (χ1) is 9.16. The van der Waals surface area contributed by atoms with E-state index in [0.29, 0.717) is 12.1 Å². The van der Waals surface area contributed by atoms with E-state index < -0.39 is 0 Å². The van der Waals surface area contributed by atoms with Crippen LogP contribution < -0.4 is 11.1 Å². The summed E-state index contributed by atoms with van der Waals surface area (Å²) in [4.78, 5) is 12.0. The molecule has 3 nitrogen and oxygen atoms in total. The highest BCUT2D eigenvalue weighted by atomic mass is 16.1. The van der Waals surface area contributed by atoms with Gasteiger partial charge >= 0.3 is 0 Å². The Morgan fingerprint density at radius 3 is 2.42 bits per heavy atom. The fourth-order valence-corrected chi connectivity index (χ4v) is 1.99. The van der Waals surface area contributed by atoms with Gasteiger partial charge in [-0.2, -0.15) is 0 Å². The van der Waals surface area contributed by atoms with Gasteiger partial charge in [-0.1, -0.05) is 48.5 Å². The third-order valence-electron chi connectivity index (χ3n) is 3.08. The highest BCUT2D eigenvalue weighted by Gasteiger charge is 2.10. The van der Waals surface area contributed by atoms with Gasteiger partial charge < -0.3 is 11.1 Å². The van der Waals surface area contributed by atoms with E-state index in [0.717, 1.165) is 11.1 Å². The standard InChI is InChI=1S/C16H18N2O/c1-12(13-7-3-2-4-8-13)18-16(19)11-14-9-5-6-10-15(14)17/h2-10,12H,11,17H2,1H3,(H,18,19). The smallest absolute Gasteiger partial charge is 0.224 e. The number of nitrogens with one attached hydrogen (secondary N) is 1. The van der Waals surface area contributed by atoms with E-state index in [1.807, 2.05) is 61.5 Å². The molecule has 2 aromatic carbocycles. The van der Waals surface area contributed by atoms with Crippen molar-refractivity contribution in [3.8, 4) is 0 Å². The van der Waals surface area contributed by atoms with Gasteiger partial charge in [-0.05, 0) is 24.1 Å². The lowest BCUT2D eigenvalue weighted by Crippen LogP contribution is -2.28. The SMILES string of the molecule is CC(NC(=O)Cc1ccccc1N)c1ccccc1. The van der Waals surface area contributed by atoms with Gasteiger partial charge in [0.25, 0.3) is 0 Å². The van der Waals surface area contributed by atoms with Gasteiger partial charge in [0.15, 0.2) is 0 Å². The first-order valence-electron chi connectivity index (χ1n) is 6.34. The van der Waals surface area contributed by atoms with Crippen LogP contribution >= 0.6 is 0 Å². The van der Waals surface area contributed by atoms with Crippen molar-refractivity contribution in [3.63, 3.8) is 0 Å². The third kappa shape index (κ3) is 3.58. The van der Waals surface area contributed by atoms with Crippen molar-refractivity contribution in [3.05, 3.63) is 65.7 Å². The number of carbonyl (C=O) groups excluding carboxylic acids is 1. The van der Waals surface area contributed by atoms with Crippen LogP contribution in [0.1, 0.15) is 24.1 Å². The van der Waals surface area contributed by atoms with E-state index in [1.165, 1.54) is 0 Å². The van der Waals surface area contributed by atoms with E-state index in [4.69, 9.17) is 5.73 Å². The van der Waals surface area contributed by atoms with Crippen molar-refractivity contribution in [1.82, 2.24) is 5.32 Å². The average Bonchev–Trinajstić information content (AvgIpc) is 2.42. The molecule has 1 amide bonds. The van der Waals surface area contributed by atoms with Crippen LogP contribution in [0.4, 0.5) is 5.69 Å². The quantitative estimate of drug-likeness (QED) is 0.824. The zero-order valence-electron chi connectivity index (χ0n) is 11.0. The number of nitrogen functional groups attached to an aromatic ring is 1. The van der Waals surface area contributed by atoms with Gasteiger partial charge in [0.05, 0.1) is 12.5 Å². The summed E-state index contributed by atoms with van der Waals surface area (Å²) in [6.45, 7) is 1.97. The highest BCUT2D eigenvalue weighted by Crippen LogP contribution is 2.14. The van der Waals surface area contributed by atoms with Gasteiger partial charge in [0, 0.05) is 5.69 Å². The van der Waals surface area contributed by atoms with Crippen molar-refractivity contribution < 1.29 is 4.79 Å². The molecule has 98 valence electrons. The number of carbonyl (C=O) groups is 1. The molecule has 0 fully saturated rings. The molecular weight excluding hydrogens is 236 g/mol. The molecule has 0 saturated heterocycles. The number of rotatable bonds is 4. The Morgan fingerprint density at radius 2 is 1.74 bits per heavy atom. The van der Waals surface area contributed by atoms with Crippen LogP contribution in [0.25, 0.3) is 0 Å². The summed E-state index contributed by atoms with van der Waals surface area (Å²) >= 11 is 0. The second-order valence-electron chi connectivity index (χ2n) is 4.58. The Kier molecular flexibility index (Phi) is 4.18. The Hall–Kier alpha value is -2.29. The van der Waals surface area contributed by atoms with Crippen LogP contribution in [0.5, 0.6) is 0 Å². The molecule has 0 radical (unpaired) electrons. The molecule has 2 aromatic rings. The van der Waals surface area contributed by atoms with E-state index in [-0.39, 0.29) is 11.9 Å². The molecule has 3 heteroatoms. The molecule has 1 unspecified atom stereocenters. The fraction of sp³-hybridized carbons (Fsp3) is 0.188. The summed E-state index contributed by atoms with van der Waals surface area (Å²) in [5.74, 6) is -0.0192. The predicted molar refractivity (Wildman–Crippen MR) is 77.6 cm³/mol. The first kappa shape index (κ1) is 13.1. The van der Waals surface area contributed by atoms with Crippen LogP contribution in [0.15, 0.2) is 54.6 Å². The molecule has 0 spiro atoms. The summed E-state index contributed by atoms with van der Waals surface area (Å²) < 4.78 is 0. The molecule has 0 bridgehead atoms. The van der Waals surface area contributed by atoms with Crippen molar-refractivity contribution in [2.75, 3.05) is 5.73 Å². The topological polar surface area (TPSA) is 55.1 Å². The third-order valence-corrected chi connectivity index (χ3v) is 3.08. The molecule has 2 rings (SSSR count). The molecule has 0 aliphatic rings. The molecular formula is C16H18N2O. The zero-order valence-corrected chi connectivity index (χ0v) is 11.0. The second-order valence-corrected chi connectivity index (χ2v) is 4.58. The number of para-hydroxylation sites is 1. The molecule has 19 heavy (non-hydrogen) atoms. The van der Waals surface area contributed by atoms with Gasteiger partial charge in [-0.3, -0.25) is 4.79 Å². The van der Waals surface area contributed by atoms with Crippen LogP contribution in [-0.4, -0.2) is 5.91 Å². The minimum Gasteiger partial charge on any atom is -0.398 e. The number of hydrogen-bond acceptors (Lipinski definition) is 2. The summed E-state index contributed by atoms with van der Waals surface area (Å²) in [6, 6.07) is 17.3. The van der Waals surface area contributed by atoms with Gasteiger partial charge in [-0.15, -0.1) is 0 Å². The van der Waals surface area contributed by atoms with Crippen LogP contribution in [0.3, 0.4) is 0 Å². The van der Waals surface area contributed by atoms with Gasteiger partial charge in [0.1, 0.15) is 0 Å². The molecule has 0 saturated carbocycles. The second kappa shape index (κ2) is 6.05. The van der Waals surface area contributed by atoms with Crippen molar-refractivity contribution >= 4 is 11.6 Å². The first-order valence-corrected chi connectivity index (χ1v) is 6.34. The molecule has 0 aliphatic carbocycles. The fourth-order valence-electron chi connectivity index (χ4n) is 1.99. The Balaban J connectivity index is 1.97. The minimum atomic E-state index is -0.0192. The lowest BCUT2D eigenvalue weighted by molar-refractivity contribution is -0.121. The van der Waals surface area contributed by atoms with E-state index in [1.54, 1.807) is 0 Å². The maximum atomic E-state index is 12.0. The monoisotopic (exact) mass is 254 g/mol. The number of anilines is 1. The molecule has 0 aliphatic heterocycles. The number of hydrogen-bond donors (Lipinski definition) is 2. The zero-order chi connectivity index (χ0) is 13.7. The average molecular weight is 254 g/mol. The van der Waals surface area contributed by atoms with E-state index in [2.05, 4.69) is 5.32 Å². The summed E-state index contributed by atoms with van der Waals surface area (Å²) in [6.07, 6.45) is 0.309. The Bertz CT molecular complexity index is 552.